The van der Waals surface area contributed by atoms with Gasteiger partial charge >= 0.3 is 0 Å². The molecular formula is C13H19FN2O3S. The van der Waals surface area contributed by atoms with Crippen molar-refractivity contribution in [2.24, 2.45) is 0 Å². The summed E-state index contributed by atoms with van der Waals surface area (Å²) in [7, 11) is -4.08. The molecule has 0 radical (unpaired) electrons. The van der Waals surface area contributed by atoms with Crippen LogP contribution >= 0.6 is 0 Å². The molecule has 1 aromatic rings. The van der Waals surface area contributed by atoms with Crippen LogP contribution in [0, 0.1) is 5.82 Å². The molecule has 2 unspecified atom stereocenters. The molecule has 20 heavy (non-hydrogen) atoms. The van der Waals surface area contributed by atoms with Crippen molar-refractivity contribution < 1.29 is 17.6 Å². The van der Waals surface area contributed by atoms with Crippen LogP contribution in [0.4, 0.5) is 10.1 Å². The first kappa shape index (κ1) is 16.4. The number of hydrogen-bond acceptors (Lipinski definition) is 4. The van der Waals surface area contributed by atoms with Crippen molar-refractivity contribution in [2.45, 2.75) is 43.4 Å². The van der Waals surface area contributed by atoms with Crippen LogP contribution in [0.3, 0.4) is 0 Å². The first-order valence-electron chi connectivity index (χ1n) is 6.29. The number of hydrogen-bond donors (Lipinski definition) is 2. The van der Waals surface area contributed by atoms with Gasteiger partial charge in [0.2, 0.25) is 5.91 Å². The summed E-state index contributed by atoms with van der Waals surface area (Å²) in [5.41, 5.74) is 5.50. The van der Waals surface area contributed by atoms with E-state index in [2.05, 4.69) is 5.32 Å². The van der Waals surface area contributed by atoms with Crippen LogP contribution in [0.15, 0.2) is 23.1 Å². The first-order valence-corrected chi connectivity index (χ1v) is 7.84. The molecule has 7 heteroatoms. The molecule has 2 atom stereocenters. The molecule has 1 rings (SSSR count). The number of nitrogens with two attached hydrogens (primary N) is 1. The van der Waals surface area contributed by atoms with Crippen molar-refractivity contribution in [3.05, 3.63) is 24.0 Å². The fourth-order valence-corrected chi connectivity index (χ4v) is 2.86. The zero-order valence-electron chi connectivity index (χ0n) is 11.7. The smallest absolute Gasteiger partial charge is 0.238 e. The lowest BCUT2D eigenvalue weighted by molar-refractivity contribution is -0.121. The molecule has 1 aromatic carbocycles. The molecule has 0 bridgehead atoms. The molecule has 0 aliphatic carbocycles. The van der Waals surface area contributed by atoms with E-state index in [1.54, 1.807) is 6.92 Å². The summed E-state index contributed by atoms with van der Waals surface area (Å²) in [6.45, 7) is 4.87. The number of anilines is 1. The third-order valence-corrected chi connectivity index (χ3v) is 5.19. The van der Waals surface area contributed by atoms with Gasteiger partial charge in [-0.25, -0.2) is 12.8 Å². The Hall–Kier alpha value is -1.63. The van der Waals surface area contributed by atoms with Crippen molar-refractivity contribution in [2.75, 3.05) is 5.73 Å². The van der Waals surface area contributed by atoms with Crippen molar-refractivity contribution in [3.63, 3.8) is 0 Å². The first-order chi connectivity index (χ1) is 9.20. The van der Waals surface area contributed by atoms with E-state index in [0.717, 1.165) is 12.1 Å². The zero-order valence-corrected chi connectivity index (χ0v) is 12.5. The maximum absolute atomic E-state index is 13.7. The Morgan fingerprint density at radius 1 is 1.40 bits per heavy atom. The van der Waals surface area contributed by atoms with Gasteiger partial charge in [-0.15, -0.1) is 0 Å². The third-order valence-electron chi connectivity index (χ3n) is 3.10. The van der Waals surface area contributed by atoms with Crippen LogP contribution in [0.25, 0.3) is 0 Å². The van der Waals surface area contributed by atoms with Crippen LogP contribution in [0.1, 0.15) is 27.2 Å². The van der Waals surface area contributed by atoms with Gasteiger partial charge in [0.05, 0.1) is 0 Å². The number of amides is 1. The van der Waals surface area contributed by atoms with E-state index in [9.17, 15) is 17.6 Å². The zero-order chi connectivity index (χ0) is 15.5. The predicted molar refractivity (Wildman–Crippen MR) is 75.4 cm³/mol. The monoisotopic (exact) mass is 302 g/mol. The average Bonchev–Trinajstić information content (AvgIpc) is 2.36. The fourth-order valence-electron chi connectivity index (χ4n) is 1.54. The molecular weight excluding hydrogens is 283 g/mol. The lowest BCUT2D eigenvalue weighted by Crippen LogP contribution is -2.42. The topological polar surface area (TPSA) is 89.3 Å². The number of sulfone groups is 1. The van der Waals surface area contributed by atoms with Gasteiger partial charge in [0.15, 0.2) is 9.84 Å². The SMILES string of the molecule is CCC(C)NC(=O)C(C)S(=O)(=O)c1ccc(N)cc1F. The van der Waals surface area contributed by atoms with E-state index in [4.69, 9.17) is 5.73 Å². The summed E-state index contributed by atoms with van der Waals surface area (Å²) in [4.78, 5) is 11.4. The van der Waals surface area contributed by atoms with Gasteiger partial charge in [-0.2, -0.15) is 0 Å². The van der Waals surface area contributed by atoms with Crippen LogP contribution < -0.4 is 11.1 Å². The Balaban J connectivity index is 3.07. The molecule has 0 saturated carbocycles. The van der Waals surface area contributed by atoms with Gasteiger partial charge in [0.1, 0.15) is 16.0 Å². The lowest BCUT2D eigenvalue weighted by Gasteiger charge is -2.17. The summed E-state index contributed by atoms with van der Waals surface area (Å²) >= 11 is 0. The van der Waals surface area contributed by atoms with Crippen LogP contribution in [-0.4, -0.2) is 25.6 Å². The summed E-state index contributed by atoms with van der Waals surface area (Å²) in [5, 5.41) is 1.20. The van der Waals surface area contributed by atoms with Crippen LogP contribution in [0.2, 0.25) is 0 Å². The highest BCUT2D eigenvalue weighted by Crippen LogP contribution is 2.21. The van der Waals surface area contributed by atoms with E-state index in [1.807, 2.05) is 6.92 Å². The molecule has 0 aliphatic heterocycles. The summed E-state index contributed by atoms with van der Waals surface area (Å²) < 4.78 is 38.2. The van der Waals surface area contributed by atoms with E-state index in [-0.39, 0.29) is 11.7 Å². The molecule has 5 nitrogen and oxygen atoms in total. The van der Waals surface area contributed by atoms with E-state index < -0.39 is 31.7 Å². The highest BCUT2D eigenvalue weighted by Gasteiger charge is 2.32. The van der Waals surface area contributed by atoms with E-state index >= 15 is 0 Å². The Labute approximate surface area is 118 Å². The van der Waals surface area contributed by atoms with Gasteiger partial charge in [-0.05, 0) is 38.5 Å². The number of rotatable bonds is 5. The highest BCUT2D eigenvalue weighted by molar-refractivity contribution is 7.92. The summed E-state index contributed by atoms with van der Waals surface area (Å²) in [6.07, 6.45) is 0.675. The highest BCUT2D eigenvalue weighted by atomic mass is 32.2. The van der Waals surface area contributed by atoms with Gasteiger partial charge in [-0.3, -0.25) is 4.79 Å². The standard InChI is InChI=1S/C13H19FN2O3S/c1-4-8(2)16-13(17)9(3)20(18,19)12-6-5-10(15)7-11(12)14/h5-9H,4,15H2,1-3H3,(H,16,17). The average molecular weight is 302 g/mol. The number of halogens is 1. The Morgan fingerprint density at radius 3 is 2.50 bits per heavy atom. The number of benzene rings is 1. The molecule has 112 valence electrons. The van der Waals surface area contributed by atoms with Crippen molar-refractivity contribution in [1.29, 1.82) is 0 Å². The Kier molecular flexibility index (Phi) is 5.10. The Morgan fingerprint density at radius 2 is 2.00 bits per heavy atom. The third kappa shape index (κ3) is 3.47. The lowest BCUT2D eigenvalue weighted by atomic mass is 10.2. The van der Waals surface area contributed by atoms with Gasteiger partial charge in [0.25, 0.3) is 0 Å². The van der Waals surface area contributed by atoms with Crippen LogP contribution in [0.5, 0.6) is 0 Å². The molecule has 0 aliphatic rings. The minimum absolute atomic E-state index is 0.123. The number of nitrogens with one attached hydrogen (secondary N) is 1. The van der Waals surface area contributed by atoms with E-state index in [1.165, 1.54) is 13.0 Å². The largest absolute Gasteiger partial charge is 0.399 e. The van der Waals surface area contributed by atoms with Crippen LogP contribution in [-0.2, 0) is 14.6 Å². The van der Waals surface area contributed by atoms with Gasteiger partial charge in [-0.1, -0.05) is 6.92 Å². The summed E-state index contributed by atoms with van der Waals surface area (Å²) in [6, 6.07) is 3.14. The molecule has 0 aromatic heterocycles. The van der Waals surface area contributed by atoms with Gasteiger partial charge in [0, 0.05) is 11.7 Å². The van der Waals surface area contributed by atoms with Crippen molar-refractivity contribution in [1.82, 2.24) is 5.32 Å². The quantitative estimate of drug-likeness (QED) is 0.806. The minimum atomic E-state index is -4.08. The van der Waals surface area contributed by atoms with Crippen molar-refractivity contribution >= 4 is 21.4 Å². The predicted octanol–water partition coefficient (Wildman–Crippen LogP) is 1.48. The maximum atomic E-state index is 13.7. The second kappa shape index (κ2) is 6.21. The van der Waals surface area contributed by atoms with Gasteiger partial charge < -0.3 is 11.1 Å². The second-order valence-electron chi connectivity index (χ2n) is 4.69. The summed E-state index contributed by atoms with van der Waals surface area (Å²) in [5.74, 6) is -1.59. The number of carbonyl (C=O) groups excluding carboxylic acids is 1. The molecule has 1 amide bonds. The van der Waals surface area contributed by atoms with Crippen molar-refractivity contribution in [3.8, 4) is 0 Å². The van der Waals surface area contributed by atoms with E-state index in [0.29, 0.717) is 6.42 Å². The molecule has 0 saturated heterocycles. The molecule has 0 spiro atoms. The molecule has 3 N–H and O–H groups in total. The fraction of sp³-hybridized carbons (Fsp3) is 0.462. The maximum Gasteiger partial charge on any atom is 0.238 e. The molecule has 0 fully saturated rings. The number of carbonyl (C=O) groups is 1. The molecule has 0 heterocycles. The minimum Gasteiger partial charge on any atom is -0.399 e. The normalized spacial score (nSPS) is 14.6. The second-order valence-corrected chi connectivity index (χ2v) is 6.93. The Bertz CT molecular complexity index is 602. The number of nitrogen functional groups attached to an aromatic ring is 1.